The fourth-order valence-electron chi connectivity index (χ4n) is 4.46. The maximum absolute atomic E-state index is 13.2. The van der Waals surface area contributed by atoms with Gasteiger partial charge in [0.2, 0.25) is 11.8 Å². The van der Waals surface area contributed by atoms with Crippen molar-refractivity contribution in [2.75, 3.05) is 19.6 Å². The molecular weight excluding hydrogens is 368 g/mol. The molecule has 1 saturated heterocycles. The number of carbonyl (C=O) groups is 2. The molecule has 1 aliphatic heterocycles. The van der Waals surface area contributed by atoms with Gasteiger partial charge in [-0.05, 0) is 44.2 Å². The minimum atomic E-state index is -0.326. The molecular formula is C22H28N4O3. The number of nitrogens with zero attached hydrogens (tertiary/aromatic N) is 4. The normalized spacial score (nSPS) is 20.7. The standard InChI is InChI=1S/C22H28N4O3/c1-16-23-21(29-24-16)19-11-12-25(20(27)15-17-7-5-6-8-17)13-14-26(19)22(28)18-9-3-2-4-10-18/h2-4,9-10,17,19H,5-8,11-15H2,1H3. The molecule has 2 aliphatic rings. The highest BCUT2D eigenvalue weighted by Gasteiger charge is 2.34. The van der Waals surface area contributed by atoms with Crippen LogP contribution >= 0.6 is 0 Å². The molecule has 2 heterocycles. The van der Waals surface area contributed by atoms with Crippen molar-refractivity contribution in [2.24, 2.45) is 5.92 Å². The van der Waals surface area contributed by atoms with E-state index in [0.29, 0.717) is 55.7 Å². The third-order valence-corrected chi connectivity index (χ3v) is 6.06. The Bertz CT molecular complexity index is 845. The molecule has 1 aromatic carbocycles. The second-order valence-corrected chi connectivity index (χ2v) is 8.08. The quantitative estimate of drug-likeness (QED) is 0.792. The molecule has 154 valence electrons. The second kappa shape index (κ2) is 8.76. The first kappa shape index (κ1) is 19.6. The van der Waals surface area contributed by atoms with Crippen LogP contribution in [0.2, 0.25) is 0 Å². The highest BCUT2D eigenvalue weighted by atomic mass is 16.5. The fourth-order valence-corrected chi connectivity index (χ4v) is 4.46. The lowest BCUT2D eigenvalue weighted by atomic mass is 10.0. The molecule has 7 heteroatoms. The van der Waals surface area contributed by atoms with Crippen LogP contribution in [0.5, 0.6) is 0 Å². The number of amides is 2. The van der Waals surface area contributed by atoms with E-state index >= 15 is 0 Å². The van der Waals surface area contributed by atoms with E-state index in [1.807, 2.05) is 35.2 Å². The van der Waals surface area contributed by atoms with Gasteiger partial charge in [-0.15, -0.1) is 0 Å². The molecule has 1 unspecified atom stereocenters. The van der Waals surface area contributed by atoms with Gasteiger partial charge in [-0.25, -0.2) is 0 Å². The highest BCUT2D eigenvalue weighted by Crippen LogP contribution is 2.30. The number of hydrogen-bond donors (Lipinski definition) is 0. The first-order valence-electron chi connectivity index (χ1n) is 10.6. The minimum Gasteiger partial charge on any atom is -0.341 e. The lowest BCUT2D eigenvalue weighted by Gasteiger charge is -2.27. The molecule has 1 saturated carbocycles. The van der Waals surface area contributed by atoms with Gasteiger partial charge in [0.1, 0.15) is 6.04 Å². The summed E-state index contributed by atoms with van der Waals surface area (Å²) in [5.74, 6) is 1.63. The Labute approximate surface area is 171 Å². The van der Waals surface area contributed by atoms with Crippen LogP contribution in [0.15, 0.2) is 34.9 Å². The molecule has 7 nitrogen and oxygen atoms in total. The lowest BCUT2D eigenvalue weighted by molar-refractivity contribution is -0.132. The highest BCUT2D eigenvalue weighted by molar-refractivity contribution is 5.94. The maximum atomic E-state index is 13.2. The molecule has 0 spiro atoms. The Hall–Kier alpha value is -2.70. The zero-order valence-corrected chi connectivity index (χ0v) is 16.9. The van der Waals surface area contributed by atoms with Crippen molar-refractivity contribution >= 4 is 11.8 Å². The maximum Gasteiger partial charge on any atom is 0.254 e. The van der Waals surface area contributed by atoms with Crippen LogP contribution in [0, 0.1) is 12.8 Å². The zero-order chi connectivity index (χ0) is 20.2. The van der Waals surface area contributed by atoms with Gasteiger partial charge >= 0.3 is 0 Å². The number of carbonyl (C=O) groups excluding carboxylic acids is 2. The Morgan fingerprint density at radius 3 is 2.52 bits per heavy atom. The largest absolute Gasteiger partial charge is 0.341 e. The van der Waals surface area contributed by atoms with Crippen LogP contribution in [0.4, 0.5) is 0 Å². The Morgan fingerprint density at radius 2 is 1.83 bits per heavy atom. The summed E-state index contributed by atoms with van der Waals surface area (Å²) in [6.45, 7) is 3.35. The average Bonchev–Trinajstić information content (AvgIpc) is 3.34. The lowest BCUT2D eigenvalue weighted by Crippen LogP contribution is -2.38. The summed E-state index contributed by atoms with van der Waals surface area (Å²) in [5, 5.41) is 3.91. The van der Waals surface area contributed by atoms with Gasteiger partial charge in [0.05, 0.1) is 0 Å². The predicted octanol–water partition coefficient (Wildman–Crippen LogP) is 3.37. The topological polar surface area (TPSA) is 79.5 Å². The third kappa shape index (κ3) is 4.49. The van der Waals surface area contributed by atoms with E-state index in [2.05, 4.69) is 10.1 Å². The molecule has 29 heavy (non-hydrogen) atoms. The molecule has 2 amide bonds. The van der Waals surface area contributed by atoms with Crippen LogP contribution in [-0.2, 0) is 4.79 Å². The molecule has 0 bridgehead atoms. The number of hydrogen-bond acceptors (Lipinski definition) is 5. The summed E-state index contributed by atoms with van der Waals surface area (Å²) in [6, 6.07) is 8.90. The molecule has 0 radical (unpaired) electrons. The van der Waals surface area contributed by atoms with Crippen molar-refractivity contribution in [2.45, 2.75) is 51.5 Å². The summed E-state index contributed by atoms with van der Waals surface area (Å²) in [5.41, 5.74) is 0.625. The van der Waals surface area contributed by atoms with E-state index in [0.717, 1.165) is 12.8 Å². The van der Waals surface area contributed by atoms with Crippen LogP contribution in [0.3, 0.4) is 0 Å². The molecule has 0 N–H and O–H groups in total. The van der Waals surface area contributed by atoms with Crippen molar-refractivity contribution in [1.29, 1.82) is 0 Å². The van der Waals surface area contributed by atoms with E-state index in [1.165, 1.54) is 12.8 Å². The summed E-state index contributed by atoms with van der Waals surface area (Å²) < 4.78 is 5.42. The van der Waals surface area contributed by atoms with Gasteiger partial charge < -0.3 is 14.3 Å². The third-order valence-electron chi connectivity index (χ3n) is 6.06. The number of aryl methyl sites for hydroxylation is 1. The summed E-state index contributed by atoms with van der Waals surface area (Å²) >= 11 is 0. The zero-order valence-electron chi connectivity index (χ0n) is 16.9. The van der Waals surface area contributed by atoms with E-state index < -0.39 is 0 Å². The molecule has 4 rings (SSSR count). The van der Waals surface area contributed by atoms with E-state index in [4.69, 9.17) is 4.52 Å². The SMILES string of the molecule is Cc1noc(C2CCN(C(=O)CC3CCCC3)CCN2C(=O)c2ccccc2)n1. The van der Waals surface area contributed by atoms with Crippen LogP contribution in [0.1, 0.15) is 66.6 Å². The van der Waals surface area contributed by atoms with Gasteiger partial charge in [-0.2, -0.15) is 4.98 Å². The van der Waals surface area contributed by atoms with Gasteiger partial charge in [-0.3, -0.25) is 9.59 Å². The monoisotopic (exact) mass is 396 g/mol. The van der Waals surface area contributed by atoms with Crippen LogP contribution in [-0.4, -0.2) is 51.4 Å². The van der Waals surface area contributed by atoms with E-state index in [9.17, 15) is 9.59 Å². The Balaban J connectivity index is 1.53. The first-order chi connectivity index (χ1) is 14.1. The van der Waals surface area contributed by atoms with Gasteiger partial charge in [0.25, 0.3) is 5.91 Å². The van der Waals surface area contributed by atoms with Crippen molar-refractivity contribution in [3.8, 4) is 0 Å². The Kier molecular flexibility index (Phi) is 5.92. The Morgan fingerprint density at radius 1 is 1.07 bits per heavy atom. The predicted molar refractivity (Wildman–Crippen MR) is 107 cm³/mol. The molecule has 2 aromatic rings. The molecule has 2 fully saturated rings. The minimum absolute atomic E-state index is 0.0726. The van der Waals surface area contributed by atoms with Gasteiger partial charge in [0.15, 0.2) is 5.82 Å². The van der Waals surface area contributed by atoms with Crippen LogP contribution in [0.25, 0.3) is 0 Å². The molecule has 1 atom stereocenters. The van der Waals surface area contributed by atoms with Crippen molar-refractivity contribution in [1.82, 2.24) is 19.9 Å². The van der Waals surface area contributed by atoms with Crippen LogP contribution < -0.4 is 0 Å². The molecule has 1 aromatic heterocycles. The first-order valence-corrected chi connectivity index (χ1v) is 10.6. The molecule has 1 aliphatic carbocycles. The smallest absolute Gasteiger partial charge is 0.254 e. The average molecular weight is 396 g/mol. The number of rotatable bonds is 4. The van der Waals surface area contributed by atoms with E-state index in [1.54, 1.807) is 11.8 Å². The van der Waals surface area contributed by atoms with Gasteiger partial charge in [-0.1, -0.05) is 36.2 Å². The number of benzene rings is 1. The van der Waals surface area contributed by atoms with E-state index in [-0.39, 0.29) is 17.9 Å². The second-order valence-electron chi connectivity index (χ2n) is 8.08. The number of aromatic nitrogens is 2. The summed E-state index contributed by atoms with van der Waals surface area (Å²) in [6.07, 6.45) is 5.99. The fraction of sp³-hybridized carbons (Fsp3) is 0.545. The summed E-state index contributed by atoms with van der Waals surface area (Å²) in [4.78, 5) is 34.2. The van der Waals surface area contributed by atoms with Gasteiger partial charge in [0, 0.05) is 31.6 Å². The van der Waals surface area contributed by atoms with Crippen molar-refractivity contribution < 1.29 is 14.1 Å². The summed E-state index contributed by atoms with van der Waals surface area (Å²) in [7, 11) is 0. The van der Waals surface area contributed by atoms with Crippen molar-refractivity contribution in [3.63, 3.8) is 0 Å². The van der Waals surface area contributed by atoms with Crippen molar-refractivity contribution in [3.05, 3.63) is 47.6 Å².